The van der Waals surface area contributed by atoms with Gasteiger partial charge in [-0.2, -0.15) is 0 Å². The zero-order chi connectivity index (χ0) is 19.7. The second-order valence-corrected chi connectivity index (χ2v) is 6.89. The second-order valence-electron chi connectivity index (χ2n) is 6.49. The lowest BCUT2D eigenvalue weighted by Crippen LogP contribution is -2.32. The molecule has 0 spiro atoms. The molecule has 2 amide bonds. The molecule has 0 fully saturated rings. The highest BCUT2D eigenvalue weighted by atomic mass is 35.5. The molecule has 0 bridgehead atoms. The highest BCUT2D eigenvalue weighted by molar-refractivity contribution is 6.46. The van der Waals surface area contributed by atoms with E-state index in [9.17, 15) is 9.59 Å². The van der Waals surface area contributed by atoms with Crippen LogP contribution in [0.3, 0.4) is 0 Å². The number of hydrogen-bond donors (Lipinski definition) is 1. The number of carbonyl (C=O) groups excluding carboxylic acids is 2. The fourth-order valence-electron chi connectivity index (χ4n) is 3.14. The summed E-state index contributed by atoms with van der Waals surface area (Å²) in [5, 5.41) is 3.63. The van der Waals surface area contributed by atoms with E-state index in [1.807, 2.05) is 67.6 Å². The monoisotopic (exact) mass is 388 g/mol. The highest BCUT2D eigenvalue weighted by Crippen LogP contribution is 2.35. The van der Waals surface area contributed by atoms with Crippen LogP contribution in [-0.4, -0.2) is 11.8 Å². The lowest BCUT2D eigenvalue weighted by atomic mass is 10.0. The zero-order valence-corrected chi connectivity index (χ0v) is 15.9. The van der Waals surface area contributed by atoms with Gasteiger partial charge in [-0.25, -0.2) is 4.90 Å². The molecule has 3 aromatic carbocycles. The number of nitrogens with one attached hydrogen (secondary N) is 1. The topological polar surface area (TPSA) is 49.4 Å². The first kappa shape index (κ1) is 18.0. The van der Waals surface area contributed by atoms with Gasteiger partial charge in [0, 0.05) is 10.7 Å². The number of rotatable bonds is 4. The van der Waals surface area contributed by atoms with Crippen LogP contribution in [0.2, 0.25) is 5.02 Å². The quantitative estimate of drug-likeness (QED) is 0.636. The normalized spacial score (nSPS) is 14.0. The number of carbonyl (C=O) groups is 2. The summed E-state index contributed by atoms with van der Waals surface area (Å²) in [5.74, 6) is -0.790. The van der Waals surface area contributed by atoms with E-state index in [-0.39, 0.29) is 11.6 Å². The van der Waals surface area contributed by atoms with Crippen LogP contribution < -0.4 is 10.2 Å². The number of halogens is 1. The smallest absolute Gasteiger partial charge is 0.282 e. The first-order valence-electron chi connectivity index (χ1n) is 8.83. The Balaban J connectivity index is 1.82. The fraction of sp³-hybridized carbons (Fsp3) is 0.0435. The number of para-hydroxylation sites is 1. The Morgan fingerprint density at radius 3 is 2.11 bits per heavy atom. The van der Waals surface area contributed by atoms with Crippen molar-refractivity contribution in [2.45, 2.75) is 6.92 Å². The zero-order valence-electron chi connectivity index (χ0n) is 15.1. The van der Waals surface area contributed by atoms with Crippen LogP contribution in [0.15, 0.2) is 84.6 Å². The maximum absolute atomic E-state index is 13.3. The predicted octanol–water partition coefficient (Wildman–Crippen LogP) is 5.05. The number of nitrogens with zero attached hydrogens (tertiary/aromatic N) is 1. The Kier molecular flexibility index (Phi) is 4.72. The third-order valence-corrected chi connectivity index (χ3v) is 5.01. The summed E-state index contributed by atoms with van der Waals surface area (Å²) < 4.78 is 0. The van der Waals surface area contributed by atoms with Crippen LogP contribution >= 0.6 is 11.6 Å². The maximum atomic E-state index is 13.3. The van der Waals surface area contributed by atoms with E-state index in [0.29, 0.717) is 21.8 Å². The minimum Gasteiger partial charge on any atom is -0.350 e. The third kappa shape index (κ3) is 3.19. The summed E-state index contributed by atoms with van der Waals surface area (Å²) in [6, 6.07) is 23.7. The molecule has 5 heteroatoms. The van der Waals surface area contributed by atoms with Crippen LogP contribution in [0, 0.1) is 6.92 Å². The molecule has 0 saturated carbocycles. The second kappa shape index (κ2) is 7.33. The molecule has 28 heavy (non-hydrogen) atoms. The van der Waals surface area contributed by atoms with E-state index in [0.717, 1.165) is 11.3 Å². The van der Waals surface area contributed by atoms with E-state index in [4.69, 9.17) is 11.6 Å². The van der Waals surface area contributed by atoms with Gasteiger partial charge in [0.15, 0.2) is 0 Å². The van der Waals surface area contributed by atoms with Gasteiger partial charge >= 0.3 is 0 Å². The number of hydrogen-bond acceptors (Lipinski definition) is 3. The van der Waals surface area contributed by atoms with Gasteiger partial charge in [0.1, 0.15) is 5.70 Å². The Morgan fingerprint density at radius 1 is 0.821 bits per heavy atom. The number of aryl methyl sites for hydroxylation is 1. The Hall–Kier alpha value is -3.37. The predicted molar refractivity (Wildman–Crippen MR) is 112 cm³/mol. The van der Waals surface area contributed by atoms with E-state index in [1.165, 1.54) is 4.90 Å². The molecule has 1 aliphatic rings. The van der Waals surface area contributed by atoms with E-state index < -0.39 is 5.91 Å². The van der Waals surface area contributed by atoms with Crippen LogP contribution in [0.1, 0.15) is 11.1 Å². The van der Waals surface area contributed by atoms with Crippen LogP contribution in [0.5, 0.6) is 0 Å². The molecule has 0 unspecified atom stereocenters. The van der Waals surface area contributed by atoms with Gasteiger partial charge in [-0.3, -0.25) is 9.59 Å². The van der Waals surface area contributed by atoms with Gasteiger partial charge in [0.05, 0.1) is 11.3 Å². The summed E-state index contributed by atoms with van der Waals surface area (Å²) in [6.45, 7) is 1.87. The van der Waals surface area contributed by atoms with E-state index in [2.05, 4.69) is 5.32 Å². The van der Waals surface area contributed by atoms with Gasteiger partial charge in [-0.05, 0) is 42.3 Å². The average molecular weight is 389 g/mol. The summed E-state index contributed by atoms with van der Waals surface area (Å²) in [7, 11) is 0. The van der Waals surface area contributed by atoms with Crippen molar-refractivity contribution in [3.63, 3.8) is 0 Å². The number of amides is 2. The van der Waals surface area contributed by atoms with Crippen molar-refractivity contribution < 1.29 is 9.59 Å². The molecule has 4 nitrogen and oxygen atoms in total. The van der Waals surface area contributed by atoms with E-state index in [1.54, 1.807) is 18.2 Å². The van der Waals surface area contributed by atoms with Crippen molar-refractivity contribution in [1.29, 1.82) is 0 Å². The standard InChI is InChI=1S/C23H17ClN2O2/c1-15-12-13-18(14-19(15)24)26-22(27)20(16-8-4-2-5-9-16)21(23(26)28)25-17-10-6-3-7-11-17/h2-14,25H,1H3. The molecule has 138 valence electrons. The fourth-order valence-corrected chi connectivity index (χ4v) is 3.31. The molecule has 0 aliphatic carbocycles. The van der Waals surface area contributed by atoms with Gasteiger partial charge in [0.25, 0.3) is 11.8 Å². The molecule has 0 atom stereocenters. The first-order chi connectivity index (χ1) is 13.6. The van der Waals surface area contributed by atoms with Crippen molar-refractivity contribution in [1.82, 2.24) is 0 Å². The van der Waals surface area contributed by atoms with Gasteiger partial charge < -0.3 is 5.32 Å². The van der Waals surface area contributed by atoms with Crippen LogP contribution in [0.25, 0.3) is 5.57 Å². The highest BCUT2D eigenvalue weighted by Gasteiger charge is 2.40. The first-order valence-corrected chi connectivity index (χ1v) is 9.21. The molecular formula is C23H17ClN2O2. The number of imide groups is 1. The maximum Gasteiger partial charge on any atom is 0.282 e. The number of benzene rings is 3. The molecule has 3 aromatic rings. The van der Waals surface area contributed by atoms with Crippen molar-refractivity contribution in [3.05, 3.63) is 101 Å². The molecule has 1 aliphatic heterocycles. The summed E-state index contributed by atoms with van der Waals surface area (Å²) in [6.07, 6.45) is 0. The van der Waals surface area contributed by atoms with Crippen molar-refractivity contribution in [3.8, 4) is 0 Å². The minimum atomic E-state index is -0.410. The van der Waals surface area contributed by atoms with Crippen molar-refractivity contribution in [2.75, 3.05) is 10.2 Å². The largest absolute Gasteiger partial charge is 0.350 e. The van der Waals surface area contributed by atoms with Crippen molar-refractivity contribution >= 4 is 40.4 Å². The molecule has 1 N–H and O–H groups in total. The summed E-state index contributed by atoms with van der Waals surface area (Å²) in [5.41, 5.74) is 3.33. The van der Waals surface area contributed by atoms with Crippen LogP contribution in [-0.2, 0) is 9.59 Å². The van der Waals surface area contributed by atoms with Crippen molar-refractivity contribution in [2.24, 2.45) is 0 Å². The lowest BCUT2D eigenvalue weighted by Gasteiger charge is -2.16. The minimum absolute atomic E-state index is 0.249. The summed E-state index contributed by atoms with van der Waals surface area (Å²) in [4.78, 5) is 27.7. The molecule has 4 rings (SSSR count). The SMILES string of the molecule is Cc1ccc(N2C(=O)C(Nc3ccccc3)=C(c3ccccc3)C2=O)cc1Cl. The van der Waals surface area contributed by atoms with Gasteiger partial charge in [-0.15, -0.1) is 0 Å². The average Bonchev–Trinajstić information content (AvgIpc) is 2.95. The van der Waals surface area contributed by atoms with Gasteiger partial charge in [0.2, 0.25) is 0 Å². The molecule has 0 saturated heterocycles. The van der Waals surface area contributed by atoms with E-state index >= 15 is 0 Å². The Labute approximate surface area is 168 Å². The molecule has 0 radical (unpaired) electrons. The number of anilines is 2. The Morgan fingerprint density at radius 2 is 1.46 bits per heavy atom. The third-order valence-electron chi connectivity index (χ3n) is 4.60. The summed E-state index contributed by atoms with van der Waals surface area (Å²) >= 11 is 6.23. The molecular weight excluding hydrogens is 372 g/mol. The Bertz CT molecular complexity index is 1090. The lowest BCUT2D eigenvalue weighted by molar-refractivity contribution is -0.120. The van der Waals surface area contributed by atoms with Gasteiger partial charge in [-0.1, -0.05) is 66.2 Å². The molecule has 1 heterocycles. The molecule has 0 aromatic heterocycles. The van der Waals surface area contributed by atoms with Crippen LogP contribution in [0.4, 0.5) is 11.4 Å².